The minimum absolute atomic E-state index is 0.0463. The lowest BCUT2D eigenvalue weighted by atomic mass is 10.1. The Morgan fingerprint density at radius 2 is 2.05 bits per heavy atom. The number of nitrogens with one attached hydrogen (secondary N) is 2. The highest BCUT2D eigenvalue weighted by atomic mass is 79.9. The van der Waals surface area contributed by atoms with Crippen LogP contribution in [0, 0.1) is 0 Å². The van der Waals surface area contributed by atoms with Gasteiger partial charge >= 0.3 is 0 Å². The standard InChI is InChI=1S/C15H20BrN3O2/c1-10(2)19-7-5-12(6-8-19)17-18-15(21)13-9-11(16)3-4-14(13)20/h3-4,9-10,20H,5-8H2,1-2H3,(H,18,21)/p+1. The number of hydrazone groups is 1. The van der Waals surface area contributed by atoms with E-state index in [1.807, 2.05) is 0 Å². The van der Waals surface area contributed by atoms with Crippen LogP contribution in [-0.2, 0) is 0 Å². The van der Waals surface area contributed by atoms with E-state index in [2.05, 4.69) is 40.3 Å². The van der Waals surface area contributed by atoms with E-state index < -0.39 is 0 Å². The molecule has 1 aromatic carbocycles. The van der Waals surface area contributed by atoms with Gasteiger partial charge in [-0.25, -0.2) is 5.43 Å². The van der Waals surface area contributed by atoms with E-state index in [1.54, 1.807) is 17.0 Å². The number of hydrogen-bond acceptors (Lipinski definition) is 3. The third-order valence-electron chi connectivity index (χ3n) is 3.80. The van der Waals surface area contributed by atoms with E-state index in [0.29, 0.717) is 6.04 Å². The van der Waals surface area contributed by atoms with E-state index >= 15 is 0 Å². The van der Waals surface area contributed by atoms with Crippen LogP contribution in [0.1, 0.15) is 37.0 Å². The van der Waals surface area contributed by atoms with Crippen LogP contribution >= 0.6 is 15.9 Å². The fourth-order valence-electron chi connectivity index (χ4n) is 2.43. The monoisotopic (exact) mass is 354 g/mol. The van der Waals surface area contributed by atoms with Gasteiger partial charge in [-0.1, -0.05) is 15.9 Å². The molecule has 1 aliphatic rings. The number of phenolic OH excluding ortho intramolecular Hbond substituents is 1. The second-order valence-electron chi connectivity index (χ2n) is 5.59. The molecule has 0 unspecified atom stereocenters. The SMILES string of the molecule is CC(C)[NH+]1CCC(=NNC(=O)c2cc(Br)ccc2O)CC1. The van der Waals surface area contributed by atoms with Crippen LogP contribution in [-0.4, -0.2) is 35.9 Å². The topological polar surface area (TPSA) is 66.1 Å². The van der Waals surface area contributed by atoms with Crippen molar-refractivity contribution in [3.63, 3.8) is 0 Å². The summed E-state index contributed by atoms with van der Waals surface area (Å²) in [6.07, 6.45) is 1.80. The molecule has 0 spiro atoms. The molecule has 0 radical (unpaired) electrons. The number of amides is 1. The van der Waals surface area contributed by atoms with Crippen LogP contribution < -0.4 is 10.3 Å². The van der Waals surface area contributed by atoms with Crippen molar-refractivity contribution >= 4 is 27.5 Å². The van der Waals surface area contributed by atoms with Crippen molar-refractivity contribution in [1.82, 2.24) is 5.43 Å². The summed E-state index contributed by atoms with van der Waals surface area (Å²) in [4.78, 5) is 13.6. The molecule has 0 aromatic heterocycles. The summed E-state index contributed by atoms with van der Waals surface area (Å²) in [5.74, 6) is -0.435. The number of aromatic hydroxyl groups is 1. The largest absolute Gasteiger partial charge is 0.507 e. The molecule has 6 heteroatoms. The molecule has 1 aliphatic heterocycles. The number of carbonyl (C=O) groups excluding carboxylic acids is 1. The summed E-state index contributed by atoms with van der Waals surface area (Å²) in [5.41, 5.74) is 3.78. The first-order valence-electron chi connectivity index (χ1n) is 7.16. The van der Waals surface area contributed by atoms with Crippen LogP contribution in [0.25, 0.3) is 0 Å². The Kier molecular flexibility index (Phi) is 5.36. The molecular formula is C15H21BrN3O2+. The molecule has 5 nitrogen and oxygen atoms in total. The Morgan fingerprint density at radius 1 is 1.38 bits per heavy atom. The zero-order chi connectivity index (χ0) is 15.4. The lowest BCUT2D eigenvalue weighted by molar-refractivity contribution is -0.922. The highest BCUT2D eigenvalue weighted by Gasteiger charge is 2.21. The van der Waals surface area contributed by atoms with Crippen molar-refractivity contribution in [1.29, 1.82) is 0 Å². The van der Waals surface area contributed by atoms with E-state index in [9.17, 15) is 9.90 Å². The molecular weight excluding hydrogens is 334 g/mol. The first-order valence-corrected chi connectivity index (χ1v) is 7.95. The van der Waals surface area contributed by atoms with Gasteiger partial charge in [-0.05, 0) is 32.0 Å². The van der Waals surface area contributed by atoms with Gasteiger partial charge in [0.1, 0.15) is 5.75 Å². The first-order chi connectivity index (χ1) is 9.97. The van der Waals surface area contributed by atoms with E-state index in [4.69, 9.17) is 0 Å². The third-order valence-corrected chi connectivity index (χ3v) is 4.30. The van der Waals surface area contributed by atoms with Gasteiger partial charge in [-0.3, -0.25) is 4.79 Å². The minimum atomic E-state index is -0.389. The highest BCUT2D eigenvalue weighted by Crippen LogP contribution is 2.21. The zero-order valence-electron chi connectivity index (χ0n) is 12.3. The Balaban J connectivity index is 1.95. The van der Waals surface area contributed by atoms with Crippen molar-refractivity contribution in [2.24, 2.45) is 5.10 Å². The number of quaternary nitrogens is 1. The lowest BCUT2D eigenvalue weighted by Crippen LogP contribution is -3.16. The average molecular weight is 355 g/mol. The smallest absolute Gasteiger partial charge is 0.275 e. The molecule has 0 saturated carbocycles. The van der Waals surface area contributed by atoms with Crippen LogP contribution in [0.5, 0.6) is 5.75 Å². The molecule has 1 amide bonds. The molecule has 0 bridgehead atoms. The molecule has 114 valence electrons. The number of piperidine rings is 1. The Hall–Kier alpha value is -1.40. The Labute approximate surface area is 133 Å². The van der Waals surface area contributed by atoms with Gasteiger partial charge < -0.3 is 10.0 Å². The van der Waals surface area contributed by atoms with Crippen molar-refractivity contribution in [2.45, 2.75) is 32.7 Å². The maximum atomic E-state index is 12.0. The lowest BCUT2D eigenvalue weighted by Gasteiger charge is -2.27. The van der Waals surface area contributed by atoms with E-state index in [1.165, 1.54) is 6.07 Å². The predicted molar refractivity (Wildman–Crippen MR) is 85.8 cm³/mol. The van der Waals surface area contributed by atoms with E-state index in [-0.39, 0.29) is 17.2 Å². The number of halogens is 1. The van der Waals surface area contributed by atoms with Crippen molar-refractivity contribution in [3.05, 3.63) is 28.2 Å². The van der Waals surface area contributed by atoms with Gasteiger partial charge in [0, 0.05) is 23.0 Å². The zero-order valence-corrected chi connectivity index (χ0v) is 13.9. The van der Waals surface area contributed by atoms with Crippen LogP contribution in [0.4, 0.5) is 0 Å². The number of rotatable bonds is 3. The maximum absolute atomic E-state index is 12.0. The number of carbonyl (C=O) groups is 1. The predicted octanol–water partition coefficient (Wildman–Crippen LogP) is 1.33. The molecule has 3 N–H and O–H groups in total. The third kappa shape index (κ3) is 4.28. The molecule has 1 heterocycles. The van der Waals surface area contributed by atoms with Gasteiger partial charge in [-0.2, -0.15) is 5.10 Å². The Morgan fingerprint density at radius 3 is 2.67 bits per heavy atom. The number of hydrogen-bond donors (Lipinski definition) is 3. The average Bonchev–Trinajstić information content (AvgIpc) is 2.47. The summed E-state index contributed by atoms with van der Waals surface area (Å²) in [7, 11) is 0. The quantitative estimate of drug-likeness (QED) is 0.717. The normalized spacial score (nSPS) is 18.7. The number of nitrogens with zero attached hydrogens (tertiary/aromatic N) is 1. The minimum Gasteiger partial charge on any atom is -0.507 e. The molecule has 21 heavy (non-hydrogen) atoms. The summed E-state index contributed by atoms with van der Waals surface area (Å²) in [6, 6.07) is 5.37. The molecule has 0 atom stereocenters. The van der Waals surface area contributed by atoms with E-state index in [0.717, 1.165) is 36.1 Å². The molecule has 1 aromatic rings. The fraction of sp³-hybridized carbons (Fsp3) is 0.467. The fourth-order valence-corrected chi connectivity index (χ4v) is 2.79. The van der Waals surface area contributed by atoms with Crippen molar-refractivity contribution in [3.8, 4) is 5.75 Å². The molecule has 2 rings (SSSR count). The van der Waals surface area contributed by atoms with Gasteiger partial charge in [0.05, 0.1) is 24.7 Å². The van der Waals surface area contributed by atoms with Crippen molar-refractivity contribution < 1.29 is 14.8 Å². The summed E-state index contributed by atoms with van der Waals surface area (Å²) in [5, 5.41) is 13.9. The van der Waals surface area contributed by atoms with Gasteiger partial charge in [0.15, 0.2) is 0 Å². The summed E-state index contributed by atoms with van der Waals surface area (Å²) in [6.45, 7) is 6.54. The second kappa shape index (κ2) is 7.04. The summed E-state index contributed by atoms with van der Waals surface area (Å²) < 4.78 is 0.743. The number of benzene rings is 1. The number of likely N-dealkylation sites (tertiary alicyclic amines) is 1. The van der Waals surface area contributed by atoms with Crippen LogP contribution in [0.2, 0.25) is 0 Å². The van der Waals surface area contributed by atoms with Gasteiger partial charge in [0.2, 0.25) is 0 Å². The number of phenols is 1. The van der Waals surface area contributed by atoms with Crippen molar-refractivity contribution in [2.75, 3.05) is 13.1 Å². The molecule has 0 aliphatic carbocycles. The van der Waals surface area contributed by atoms with Gasteiger partial charge in [0.25, 0.3) is 5.91 Å². The second-order valence-corrected chi connectivity index (χ2v) is 6.51. The molecule has 1 fully saturated rings. The summed E-state index contributed by atoms with van der Waals surface area (Å²) >= 11 is 3.28. The molecule has 1 saturated heterocycles. The van der Waals surface area contributed by atoms with Crippen LogP contribution in [0.3, 0.4) is 0 Å². The van der Waals surface area contributed by atoms with Gasteiger partial charge in [-0.15, -0.1) is 0 Å². The van der Waals surface area contributed by atoms with Crippen LogP contribution in [0.15, 0.2) is 27.8 Å². The first kappa shape index (κ1) is 16.0. The highest BCUT2D eigenvalue weighted by molar-refractivity contribution is 9.10. The Bertz CT molecular complexity index is 548. The maximum Gasteiger partial charge on any atom is 0.275 e.